The van der Waals surface area contributed by atoms with Crippen LogP contribution in [-0.2, 0) is 22.4 Å². The van der Waals surface area contributed by atoms with Crippen molar-refractivity contribution < 1.29 is 34.8 Å². The van der Waals surface area contributed by atoms with Crippen LogP contribution in [0.2, 0.25) is 0 Å². The normalized spacial score (nSPS) is 16.4. The Morgan fingerprint density at radius 2 is 1.31 bits per heavy atom. The lowest BCUT2D eigenvalue weighted by Crippen LogP contribution is -2.58. The van der Waals surface area contributed by atoms with Gasteiger partial charge in [0.25, 0.3) is 0 Å². The number of carbonyl (C=O) groups is 2. The standard InChI is InChI=1S/C25H36N4O7/c1-15(2)21(20(30)14-36-3)24(33)28-18(12-16-4-8-26-9-5-16)22(31)23(32)19(29-25(34)35)13-17-6-10-27-11-7-17/h4-11,15,18-23,29-32H,12-14H2,1-3H3,(H,28,33)(H,34,35). The summed E-state index contributed by atoms with van der Waals surface area (Å²) in [7, 11) is 1.42. The van der Waals surface area contributed by atoms with Gasteiger partial charge in [-0.15, -0.1) is 0 Å². The number of hydrogen-bond acceptors (Lipinski definition) is 8. The summed E-state index contributed by atoms with van der Waals surface area (Å²) in [6.45, 7) is 3.52. The van der Waals surface area contributed by atoms with Gasteiger partial charge in [0, 0.05) is 31.9 Å². The van der Waals surface area contributed by atoms with Crippen molar-refractivity contribution >= 4 is 12.0 Å². The fourth-order valence-corrected chi connectivity index (χ4v) is 4.17. The van der Waals surface area contributed by atoms with E-state index in [0.29, 0.717) is 5.56 Å². The third-order valence-electron chi connectivity index (χ3n) is 5.99. The van der Waals surface area contributed by atoms with Gasteiger partial charge in [-0.05, 0) is 54.2 Å². The van der Waals surface area contributed by atoms with E-state index in [1.165, 1.54) is 7.11 Å². The maximum atomic E-state index is 13.2. The molecule has 0 saturated carbocycles. The first kappa shape index (κ1) is 29.1. The number of carbonyl (C=O) groups excluding carboxylic acids is 1. The molecule has 0 aliphatic heterocycles. The van der Waals surface area contributed by atoms with E-state index in [2.05, 4.69) is 20.6 Å². The van der Waals surface area contributed by atoms with Gasteiger partial charge in [0.15, 0.2) is 0 Å². The number of methoxy groups -OCH3 is 1. The lowest BCUT2D eigenvalue weighted by atomic mass is 9.87. The predicted molar refractivity (Wildman–Crippen MR) is 131 cm³/mol. The smallest absolute Gasteiger partial charge is 0.404 e. The molecule has 11 heteroatoms. The number of pyridine rings is 2. The van der Waals surface area contributed by atoms with Crippen LogP contribution in [0.25, 0.3) is 0 Å². The molecular weight excluding hydrogens is 468 g/mol. The van der Waals surface area contributed by atoms with Gasteiger partial charge in [0.05, 0.1) is 30.7 Å². The second kappa shape index (κ2) is 14.4. The first-order valence-corrected chi connectivity index (χ1v) is 11.7. The van der Waals surface area contributed by atoms with Gasteiger partial charge in [0.1, 0.15) is 12.2 Å². The zero-order chi connectivity index (χ0) is 26.7. The summed E-state index contributed by atoms with van der Waals surface area (Å²) in [5, 5.41) is 47.1. The number of rotatable bonds is 14. The summed E-state index contributed by atoms with van der Waals surface area (Å²) in [4.78, 5) is 32.6. The van der Waals surface area contributed by atoms with Crippen molar-refractivity contribution in [3.63, 3.8) is 0 Å². The Hall–Kier alpha value is -3.12. The Morgan fingerprint density at radius 1 is 0.861 bits per heavy atom. The molecule has 2 amide bonds. The average molecular weight is 505 g/mol. The van der Waals surface area contributed by atoms with Crippen molar-refractivity contribution in [2.24, 2.45) is 11.8 Å². The molecule has 2 aromatic rings. The Balaban J connectivity index is 2.31. The molecule has 0 radical (unpaired) electrons. The van der Waals surface area contributed by atoms with Gasteiger partial charge in [-0.1, -0.05) is 13.8 Å². The van der Waals surface area contributed by atoms with Crippen LogP contribution in [0.1, 0.15) is 25.0 Å². The van der Waals surface area contributed by atoms with Crippen LogP contribution in [0.5, 0.6) is 0 Å². The lowest BCUT2D eigenvalue weighted by molar-refractivity contribution is -0.134. The summed E-state index contributed by atoms with van der Waals surface area (Å²) >= 11 is 0. The van der Waals surface area contributed by atoms with Crippen molar-refractivity contribution in [2.75, 3.05) is 13.7 Å². The van der Waals surface area contributed by atoms with E-state index in [1.807, 2.05) is 0 Å². The minimum absolute atomic E-state index is 0.0486. The largest absolute Gasteiger partial charge is 0.465 e. The topological polar surface area (TPSA) is 174 Å². The summed E-state index contributed by atoms with van der Waals surface area (Å²) in [5.74, 6) is -1.59. The molecule has 6 atom stereocenters. The highest BCUT2D eigenvalue weighted by atomic mass is 16.5. The molecule has 0 aliphatic rings. The Bertz CT molecular complexity index is 933. The summed E-state index contributed by atoms with van der Waals surface area (Å²) in [6.07, 6.45) is 0.875. The number of carboxylic acid groups (broad SMARTS) is 1. The number of nitrogens with one attached hydrogen (secondary N) is 2. The highest BCUT2D eigenvalue weighted by Crippen LogP contribution is 2.19. The Morgan fingerprint density at radius 3 is 1.69 bits per heavy atom. The second-order valence-electron chi connectivity index (χ2n) is 9.06. The molecule has 2 aromatic heterocycles. The number of nitrogens with zero attached hydrogens (tertiary/aromatic N) is 2. The van der Waals surface area contributed by atoms with E-state index >= 15 is 0 Å². The van der Waals surface area contributed by atoms with Crippen LogP contribution < -0.4 is 10.6 Å². The number of hydrogen-bond donors (Lipinski definition) is 6. The van der Waals surface area contributed by atoms with Gasteiger partial charge in [-0.3, -0.25) is 14.8 Å². The predicted octanol–water partition coefficient (Wildman–Crippen LogP) is 0.384. The number of amides is 2. The van der Waals surface area contributed by atoms with Crippen molar-refractivity contribution in [1.29, 1.82) is 0 Å². The molecule has 6 N–H and O–H groups in total. The summed E-state index contributed by atoms with van der Waals surface area (Å²) in [6, 6.07) is 4.70. The quantitative estimate of drug-likeness (QED) is 0.213. The van der Waals surface area contributed by atoms with Gasteiger partial charge in [0.2, 0.25) is 5.91 Å². The van der Waals surface area contributed by atoms with E-state index in [1.54, 1.807) is 62.9 Å². The summed E-state index contributed by atoms with van der Waals surface area (Å²) < 4.78 is 5.00. The molecule has 0 aromatic carbocycles. The molecular formula is C25H36N4O7. The van der Waals surface area contributed by atoms with Crippen LogP contribution >= 0.6 is 0 Å². The zero-order valence-corrected chi connectivity index (χ0v) is 20.7. The molecule has 0 fully saturated rings. The van der Waals surface area contributed by atoms with Crippen LogP contribution in [0.4, 0.5) is 4.79 Å². The van der Waals surface area contributed by atoms with Crippen molar-refractivity contribution in [3.05, 3.63) is 60.2 Å². The fraction of sp³-hybridized carbons (Fsp3) is 0.520. The third kappa shape index (κ3) is 8.83. The van der Waals surface area contributed by atoms with E-state index in [-0.39, 0.29) is 25.4 Å². The molecule has 0 aliphatic carbocycles. The van der Waals surface area contributed by atoms with Crippen LogP contribution in [-0.4, -0.2) is 86.5 Å². The van der Waals surface area contributed by atoms with E-state index in [9.17, 15) is 30.0 Å². The van der Waals surface area contributed by atoms with Crippen molar-refractivity contribution in [3.8, 4) is 0 Å². The molecule has 11 nitrogen and oxygen atoms in total. The van der Waals surface area contributed by atoms with E-state index in [4.69, 9.17) is 4.74 Å². The lowest BCUT2D eigenvalue weighted by Gasteiger charge is -2.34. The van der Waals surface area contributed by atoms with E-state index < -0.39 is 48.3 Å². The van der Waals surface area contributed by atoms with Gasteiger partial charge in [-0.25, -0.2) is 4.79 Å². The van der Waals surface area contributed by atoms with Gasteiger partial charge in [-0.2, -0.15) is 0 Å². The first-order valence-electron chi connectivity index (χ1n) is 11.7. The molecule has 0 spiro atoms. The van der Waals surface area contributed by atoms with Crippen molar-refractivity contribution in [1.82, 2.24) is 20.6 Å². The molecule has 36 heavy (non-hydrogen) atoms. The number of aromatic nitrogens is 2. The van der Waals surface area contributed by atoms with Crippen LogP contribution in [0, 0.1) is 11.8 Å². The number of ether oxygens (including phenoxy) is 1. The highest BCUT2D eigenvalue weighted by Gasteiger charge is 2.37. The maximum Gasteiger partial charge on any atom is 0.404 e. The molecule has 6 unspecified atom stereocenters. The zero-order valence-electron chi connectivity index (χ0n) is 20.7. The number of aliphatic hydroxyl groups excluding tert-OH is 3. The monoisotopic (exact) mass is 504 g/mol. The Labute approximate surface area is 210 Å². The minimum atomic E-state index is -1.57. The molecule has 198 valence electrons. The van der Waals surface area contributed by atoms with Crippen LogP contribution in [0.3, 0.4) is 0 Å². The van der Waals surface area contributed by atoms with Crippen molar-refractivity contribution in [2.45, 2.75) is 57.1 Å². The highest BCUT2D eigenvalue weighted by molar-refractivity contribution is 5.80. The molecule has 2 heterocycles. The molecule has 0 bridgehead atoms. The average Bonchev–Trinajstić information content (AvgIpc) is 2.83. The summed E-state index contributed by atoms with van der Waals surface area (Å²) in [5.41, 5.74) is 1.43. The SMILES string of the molecule is COCC(O)C(C(=O)NC(Cc1ccncc1)C(O)C(O)C(Cc1ccncc1)NC(=O)O)C(C)C. The maximum absolute atomic E-state index is 13.2. The van der Waals surface area contributed by atoms with Crippen LogP contribution in [0.15, 0.2) is 49.1 Å². The van der Waals surface area contributed by atoms with Gasteiger partial charge >= 0.3 is 6.09 Å². The molecule has 0 saturated heterocycles. The van der Waals surface area contributed by atoms with E-state index in [0.717, 1.165) is 5.56 Å². The first-order chi connectivity index (χ1) is 17.1. The Kier molecular flexibility index (Phi) is 11.7. The minimum Gasteiger partial charge on any atom is -0.465 e. The number of aliphatic hydroxyl groups is 3. The van der Waals surface area contributed by atoms with Gasteiger partial charge < -0.3 is 35.8 Å². The second-order valence-corrected chi connectivity index (χ2v) is 9.06. The fourth-order valence-electron chi connectivity index (χ4n) is 4.17. The molecule has 2 rings (SSSR count). The third-order valence-corrected chi connectivity index (χ3v) is 5.99.